The van der Waals surface area contributed by atoms with E-state index >= 15 is 0 Å². The van der Waals surface area contributed by atoms with Gasteiger partial charge in [-0.2, -0.15) is 0 Å². The van der Waals surface area contributed by atoms with Crippen molar-refractivity contribution >= 4 is 24.1 Å². The predicted octanol–water partition coefficient (Wildman–Crippen LogP) is 6.30. The van der Waals surface area contributed by atoms with Gasteiger partial charge in [-0.3, -0.25) is 9.59 Å². The first kappa shape index (κ1) is 84.3. The number of carboxylic acid groups (broad SMARTS) is 2. The Hall–Kier alpha value is -6.36. The topological polar surface area (TPSA) is 317 Å². The van der Waals surface area contributed by atoms with E-state index in [-0.39, 0.29) is 51.1 Å². The van der Waals surface area contributed by atoms with E-state index < -0.39 is 24.1 Å². The van der Waals surface area contributed by atoms with Crippen molar-refractivity contribution in [3.63, 3.8) is 0 Å². The standard InChI is InChI=1S/C42H65NO16.C30H41NO10/c44-41(45)9-11-47-13-15-49-17-19-51-21-23-53-25-27-55-29-31-57-33-34-58-32-30-56-28-26-54-24-22-52-20-18-50-16-14-48-12-10-43-42(46)59-35-40-38-7-3-1-5-36(38)37-6-2-4-8-39(37)40;32-29(33)9-11-35-13-15-37-17-19-39-21-22-40-20-18-38-16-14-36-12-10-31-30(34)41-23-28-26-7-3-1-5-24(26)25-6-2-4-8-27(25)28/h1-8,40H,9-35H2,(H,43,46)(H,44,45);1-8,28H,9-23H2,(H,31,34)(H,32,33). The van der Waals surface area contributed by atoms with Crippen LogP contribution in [0.5, 0.6) is 0 Å². The first-order valence-corrected chi connectivity index (χ1v) is 34.3. The molecule has 4 aromatic carbocycles. The van der Waals surface area contributed by atoms with Crippen molar-refractivity contribution in [3.8, 4) is 22.3 Å². The predicted molar refractivity (Wildman–Crippen MR) is 365 cm³/mol. The van der Waals surface area contributed by atoms with Crippen LogP contribution in [0.1, 0.15) is 46.9 Å². The summed E-state index contributed by atoms with van der Waals surface area (Å²) in [4.78, 5) is 45.1. The van der Waals surface area contributed by atoms with Crippen LogP contribution in [0.15, 0.2) is 97.1 Å². The van der Waals surface area contributed by atoms with Crippen molar-refractivity contribution in [1.29, 1.82) is 0 Å². The average Bonchev–Trinajstić information content (AvgIpc) is 1.63. The number of carboxylic acids is 2. The molecular formula is C72H106N2O26. The molecule has 0 atom stereocenters. The van der Waals surface area contributed by atoms with E-state index in [2.05, 4.69) is 59.2 Å². The van der Waals surface area contributed by atoms with Gasteiger partial charge in [-0.05, 0) is 44.5 Å². The molecule has 2 aliphatic carbocycles. The highest BCUT2D eigenvalue weighted by Crippen LogP contribution is 2.45. The Morgan fingerprint density at radius 3 is 0.610 bits per heavy atom. The third kappa shape index (κ3) is 39.7. The van der Waals surface area contributed by atoms with Gasteiger partial charge in [0, 0.05) is 24.9 Å². The number of aliphatic carboxylic acids is 2. The Morgan fingerprint density at radius 1 is 0.250 bits per heavy atom. The lowest BCUT2D eigenvalue weighted by molar-refractivity contribution is -0.139. The molecule has 2 aliphatic rings. The van der Waals surface area contributed by atoms with Crippen LogP contribution in [0.25, 0.3) is 22.3 Å². The number of nitrogens with one attached hydrogen (secondary N) is 2. The van der Waals surface area contributed by atoms with E-state index in [1.807, 2.05) is 48.5 Å². The number of fused-ring (bicyclic) bond motifs is 6. The molecule has 28 heteroatoms. The quantitative estimate of drug-likeness (QED) is 0.0352. The molecule has 100 heavy (non-hydrogen) atoms. The normalized spacial score (nSPS) is 12.2. The van der Waals surface area contributed by atoms with Crippen LogP contribution in [0.3, 0.4) is 0 Å². The van der Waals surface area contributed by atoms with E-state index in [0.717, 1.165) is 0 Å². The Morgan fingerprint density at radius 2 is 0.420 bits per heavy atom. The van der Waals surface area contributed by atoms with Crippen molar-refractivity contribution in [1.82, 2.24) is 10.6 Å². The van der Waals surface area contributed by atoms with E-state index in [4.69, 9.17) is 105 Å². The first-order chi connectivity index (χ1) is 49.3. The van der Waals surface area contributed by atoms with Crippen molar-refractivity contribution in [2.45, 2.75) is 24.7 Å². The molecule has 2 amide bonds. The summed E-state index contributed by atoms with van der Waals surface area (Å²) in [6.07, 6.45) is -0.931. The van der Waals surface area contributed by atoms with Crippen molar-refractivity contribution in [2.75, 3.05) is 264 Å². The summed E-state index contributed by atoms with van der Waals surface area (Å²) in [7, 11) is 0. The van der Waals surface area contributed by atoms with Gasteiger partial charge in [0.15, 0.2) is 0 Å². The van der Waals surface area contributed by atoms with Gasteiger partial charge >= 0.3 is 24.1 Å². The largest absolute Gasteiger partial charge is 0.481 e. The summed E-state index contributed by atoms with van der Waals surface area (Å²) in [5.74, 6) is -1.69. The molecule has 0 unspecified atom stereocenters. The van der Waals surface area contributed by atoms with Crippen LogP contribution in [0.4, 0.5) is 9.59 Å². The fourth-order valence-electron chi connectivity index (χ4n) is 9.79. The molecule has 4 aromatic rings. The van der Waals surface area contributed by atoms with Crippen LogP contribution < -0.4 is 10.6 Å². The van der Waals surface area contributed by atoms with Crippen LogP contribution in [-0.2, 0) is 104 Å². The number of amides is 2. The molecule has 0 fully saturated rings. The van der Waals surface area contributed by atoms with Crippen LogP contribution in [0.2, 0.25) is 0 Å². The third-order valence-electron chi connectivity index (χ3n) is 14.6. The van der Waals surface area contributed by atoms with Gasteiger partial charge in [-0.15, -0.1) is 0 Å². The van der Waals surface area contributed by atoms with Crippen molar-refractivity contribution in [3.05, 3.63) is 119 Å². The van der Waals surface area contributed by atoms with Gasteiger partial charge in [0.25, 0.3) is 0 Å². The molecule has 0 radical (unpaired) electrons. The fourth-order valence-corrected chi connectivity index (χ4v) is 9.79. The number of carbonyl (C=O) groups excluding carboxylic acids is 2. The molecule has 560 valence electrons. The smallest absolute Gasteiger partial charge is 0.407 e. The van der Waals surface area contributed by atoms with Gasteiger partial charge in [-0.1, -0.05) is 97.1 Å². The van der Waals surface area contributed by atoms with Crippen LogP contribution >= 0.6 is 0 Å². The van der Waals surface area contributed by atoms with E-state index in [9.17, 15) is 19.2 Å². The van der Waals surface area contributed by atoms with E-state index in [0.29, 0.717) is 238 Å². The lowest BCUT2D eigenvalue weighted by atomic mass is 9.98. The Balaban J connectivity index is 0.000000384. The third-order valence-corrected chi connectivity index (χ3v) is 14.6. The highest BCUT2D eigenvalue weighted by Gasteiger charge is 2.30. The molecule has 0 heterocycles. The SMILES string of the molecule is O=C(O)CCOCCOCCOCCOCCOCCOCCNC(=O)OCC1c2ccccc2-c2ccccc21.O=C(O)CCOCCOCCOCCOCCOCCOCCOCCOCCOCCOCCOCCOCCNC(=O)OCC1c2ccccc2-c2ccccc21. The highest BCUT2D eigenvalue weighted by molar-refractivity contribution is 5.80. The summed E-state index contributed by atoms with van der Waals surface area (Å²) in [6.45, 7) is 16.7. The molecule has 0 bridgehead atoms. The summed E-state index contributed by atoms with van der Waals surface area (Å²) in [6, 6.07) is 33.0. The minimum atomic E-state index is -0.878. The van der Waals surface area contributed by atoms with Crippen molar-refractivity contribution < 1.29 is 124 Å². The van der Waals surface area contributed by atoms with Gasteiger partial charge in [0.2, 0.25) is 0 Å². The zero-order valence-electron chi connectivity index (χ0n) is 57.8. The van der Waals surface area contributed by atoms with Gasteiger partial charge in [0.05, 0.1) is 251 Å². The molecule has 0 saturated heterocycles. The first-order valence-electron chi connectivity index (χ1n) is 34.3. The summed E-state index contributed by atoms with van der Waals surface area (Å²) < 4.78 is 109. The Kier molecular flexibility index (Phi) is 49.0. The zero-order valence-corrected chi connectivity index (χ0v) is 57.8. The molecule has 0 aliphatic heterocycles. The summed E-state index contributed by atoms with van der Waals surface area (Å²) in [5, 5.41) is 22.5. The Labute approximate surface area is 587 Å². The molecular weight excluding hydrogens is 1310 g/mol. The molecule has 0 spiro atoms. The summed E-state index contributed by atoms with van der Waals surface area (Å²) in [5.41, 5.74) is 9.51. The van der Waals surface area contributed by atoms with E-state index in [1.54, 1.807) is 0 Å². The zero-order chi connectivity index (χ0) is 70.7. The molecule has 4 N–H and O–H groups in total. The molecule has 0 aromatic heterocycles. The number of hydrogen-bond acceptors (Lipinski definition) is 24. The second-order valence-corrected chi connectivity index (χ2v) is 21.8. The number of alkyl carbamates (subject to hydrolysis) is 2. The molecule has 6 rings (SSSR count). The highest BCUT2D eigenvalue weighted by atomic mass is 16.6. The van der Waals surface area contributed by atoms with Crippen molar-refractivity contribution in [2.24, 2.45) is 0 Å². The van der Waals surface area contributed by atoms with E-state index in [1.165, 1.54) is 44.5 Å². The minimum absolute atomic E-state index is 0.00678. The maximum atomic E-state index is 12.3. The number of carbonyl (C=O) groups is 4. The second kappa shape index (κ2) is 58.2. The second-order valence-electron chi connectivity index (χ2n) is 21.8. The fraction of sp³-hybridized carbons (Fsp3) is 0.611. The molecule has 0 saturated carbocycles. The van der Waals surface area contributed by atoms with Gasteiger partial charge in [0.1, 0.15) is 13.2 Å². The average molecular weight is 1420 g/mol. The number of hydrogen-bond donors (Lipinski definition) is 4. The lowest BCUT2D eigenvalue weighted by Gasteiger charge is -2.14. The van der Waals surface area contributed by atoms with Crippen LogP contribution in [0, 0.1) is 0 Å². The molecule has 28 nitrogen and oxygen atoms in total. The number of benzene rings is 4. The Bertz CT molecular complexity index is 2640. The minimum Gasteiger partial charge on any atom is -0.481 e. The maximum absolute atomic E-state index is 12.3. The van der Waals surface area contributed by atoms with Gasteiger partial charge in [-0.25, -0.2) is 9.59 Å². The van der Waals surface area contributed by atoms with Gasteiger partial charge < -0.3 is 116 Å². The maximum Gasteiger partial charge on any atom is 0.407 e. The number of ether oxygens (including phenoxy) is 20. The lowest BCUT2D eigenvalue weighted by Crippen LogP contribution is -2.29. The number of rotatable bonds is 64. The summed E-state index contributed by atoms with van der Waals surface area (Å²) >= 11 is 0. The van der Waals surface area contributed by atoms with Crippen LogP contribution in [-0.4, -0.2) is 298 Å². The monoisotopic (exact) mass is 1410 g/mol.